The number of nitrogens with zero attached hydrogens (tertiary/aromatic N) is 2. The molecule has 13 heavy (non-hydrogen) atoms. The predicted molar refractivity (Wildman–Crippen MR) is 57.7 cm³/mol. The van der Waals surface area contributed by atoms with Gasteiger partial charge in [-0.05, 0) is 5.41 Å². The van der Waals surface area contributed by atoms with Crippen LogP contribution in [-0.4, -0.2) is 18.1 Å². The van der Waals surface area contributed by atoms with Gasteiger partial charge in [-0.15, -0.1) is 22.9 Å². The van der Waals surface area contributed by atoms with E-state index in [1.807, 2.05) is 5.38 Å². The lowest BCUT2D eigenvalue weighted by Crippen LogP contribution is -2.53. The van der Waals surface area contributed by atoms with Crippen molar-refractivity contribution >= 4 is 28.1 Å². The normalized spacial score (nSPS) is 20.1. The minimum Gasteiger partial charge on any atom is -0.347 e. The second kappa shape index (κ2) is 3.14. The molecule has 0 atom stereocenters. The molecule has 0 aromatic carbocycles. The quantitative estimate of drug-likeness (QED) is 0.707. The summed E-state index contributed by atoms with van der Waals surface area (Å²) in [6, 6.07) is 0. The summed E-state index contributed by atoms with van der Waals surface area (Å²) in [7, 11) is 0. The van der Waals surface area contributed by atoms with Crippen LogP contribution >= 0.6 is 22.9 Å². The third-order valence-electron chi connectivity index (χ3n) is 2.18. The molecule has 1 aromatic rings. The summed E-state index contributed by atoms with van der Waals surface area (Å²) in [5, 5.41) is 3.16. The molecule has 0 N–H and O–H groups in total. The van der Waals surface area contributed by atoms with Crippen LogP contribution in [0.4, 0.5) is 5.13 Å². The largest absolute Gasteiger partial charge is 0.347 e. The number of halogens is 1. The summed E-state index contributed by atoms with van der Waals surface area (Å²) in [6.07, 6.45) is 0. The lowest BCUT2D eigenvalue weighted by atomic mass is 9.85. The molecule has 2 rings (SSSR count). The molecule has 1 aromatic heterocycles. The first-order chi connectivity index (χ1) is 6.11. The van der Waals surface area contributed by atoms with E-state index < -0.39 is 0 Å². The van der Waals surface area contributed by atoms with Crippen LogP contribution in [0.3, 0.4) is 0 Å². The van der Waals surface area contributed by atoms with Gasteiger partial charge in [0.05, 0.1) is 11.6 Å². The van der Waals surface area contributed by atoms with Crippen molar-refractivity contribution in [3.63, 3.8) is 0 Å². The Kier molecular flexibility index (Phi) is 2.24. The highest BCUT2D eigenvalue weighted by Crippen LogP contribution is 2.35. The second-order valence-electron chi connectivity index (χ2n) is 4.28. The molecule has 0 bridgehead atoms. The molecule has 1 fully saturated rings. The molecule has 1 aliphatic rings. The SMILES string of the molecule is CC1(C)CN(c2nc(CCl)cs2)C1. The van der Waals surface area contributed by atoms with Crippen molar-refractivity contribution in [2.24, 2.45) is 5.41 Å². The van der Waals surface area contributed by atoms with Crippen molar-refractivity contribution in [2.45, 2.75) is 19.7 Å². The summed E-state index contributed by atoms with van der Waals surface area (Å²) in [6.45, 7) is 6.78. The zero-order valence-electron chi connectivity index (χ0n) is 7.88. The topological polar surface area (TPSA) is 16.1 Å². The van der Waals surface area contributed by atoms with Crippen molar-refractivity contribution in [2.75, 3.05) is 18.0 Å². The maximum absolute atomic E-state index is 5.69. The number of thiazole rings is 1. The fourth-order valence-corrected chi connectivity index (χ4v) is 2.68. The lowest BCUT2D eigenvalue weighted by molar-refractivity contribution is 0.276. The maximum Gasteiger partial charge on any atom is 0.185 e. The third-order valence-corrected chi connectivity index (χ3v) is 3.41. The van der Waals surface area contributed by atoms with E-state index in [-0.39, 0.29) is 0 Å². The van der Waals surface area contributed by atoms with Crippen molar-refractivity contribution in [1.29, 1.82) is 0 Å². The van der Waals surface area contributed by atoms with E-state index in [9.17, 15) is 0 Å². The number of hydrogen-bond donors (Lipinski definition) is 0. The van der Waals surface area contributed by atoms with E-state index in [1.165, 1.54) is 0 Å². The Morgan fingerprint density at radius 2 is 2.31 bits per heavy atom. The van der Waals surface area contributed by atoms with Gasteiger partial charge in [0.15, 0.2) is 5.13 Å². The molecule has 1 aliphatic heterocycles. The van der Waals surface area contributed by atoms with Crippen molar-refractivity contribution in [1.82, 2.24) is 4.98 Å². The molecule has 72 valence electrons. The fraction of sp³-hybridized carbons (Fsp3) is 0.667. The summed E-state index contributed by atoms with van der Waals surface area (Å²) in [5.74, 6) is 0.522. The zero-order valence-corrected chi connectivity index (χ0v) is 9.45. The van der Waals surface area contributed by atoms with Gasteiger partial charge >= 0.3 is 0 Å². The van der Waals surface area contributed by atoms with Gasteiger partial charge in [-0.2, -0.15) is 0 Å². The summed E-state index contributed by atoms with van der Waals surface area (Å²) < 4.78 is 0. The van der Waals surface area contributed by atoms with E-state index in [0.717, 1.165) is 23.9 Å². The standard InChI is InChI=1S/C9H13ClN2S/c1-9(2)5-12(6-9)8-11-7(3-10)4-13-8/h4H,3,5-6H2,1-2H3. The molecule has 0 radical (unpaired) electrons. The maximum atomic E-state index is 5.69. The van der Waals surface area contributed by atoms with Crippen LogP contribution in [0, 0.1) is 5.41 Å². The van der Waals surface area contributed by atoms with Crippen LogP contribution in [0.2, 0.25) is 0 Å². The molecule has 0 spiro atoms. The second-order valence-corrected chi connectivity index (χ2v) is 5.38. The van der Waals surface area contributed by atoms with E-state index in [4.69, 9.17) is 11.6 Å². The highest BCUT2D eigenvalue weighted by atomic mass is 35.5. The Bertz CT molecular complexity index is 300. The number of aromatic nitrogens is 1. The highest BCUT2D eigenvalue weighted by Gasteiger charge is 2.35. The highest BCUT2D eigenvalue weighted by molar-refractivity contribution is 7.13. The molecule has 0 amide bonds. The molecule has 2 heterocycles. The molecule has 0 unspecified atom stereocenters. The Morgan fingerprint density at radius 1 is 1.62 bits per heavy atom. The van der Waals surface area contributed by atoms with Crippen LogP contribution in [0.5, 0.6) is 0 Å². The summed E-state index contributed by atoms with van der Waals surface area (Å²) in [5.41, 5.74) is 1.46. The van der Waals surface area contributed by atoms with Crippen molar-refractivity contribution in [3.8, 4) is 0 Å². The number of hydrogen-bond acceptors (Lipinski definition) is 3. The Hall–Kier alpha value is -0.280. The smallest absolute Gasteiger partial charge is 0.185 e. The Morgan fingerprint density at radius 3 is 2.77 bits per heavy atom. The molecule has 2 nitrogen and oxygen atoms in total. The van der Waals surface area contributed by atoms with Crippen LogP contribution in [-0.2, 0) is 5.88 Å². The molecule has 0 aliphatic carbocycles. The minimum atomic E-state index is 0.465. The third kappa shape index (κ3) is 1.81. The first-order valence-corrected chi connectivity index (χ1v) is 5.77. The number of anilines is 1. The first kappa shape index (κ1) is 9.28. The van der Waals surface area contributed by atoms with E-state index in [0.29, 0.717) is 11.3 Å². The Labute approximate surface area is 87.5 Å². The van der Waals surface area contributed by atoms with Gasteiger partial charge in [0, 0.05) is 18.5 Å². The van der Waals surface area contributed by atoms with Gasteiger partial charge in [0.2, 0.25) is 0 Å². The van der Waals surface area contributed by atoms with Crippen LogP contribution < -0.4 is 4.90 Å². The van der Waals surface area contributed by atoms with Crippen LogP contribution in [0.1, 0.15) is 19.5 Å². The van der Waals surface area contributed by atoms with E-state index in [1.54, 1.807) is 11.3 Å². The molecule has 4 heteroatoms. The van der Waals surface area contributed by atoms with E-state index >= 15 is 0 Å². The Balaban J connectivity index is 2.03. The van der Waals surface area contributed by atoms with Gasteiger partial charge in [-0.25, -0.2) is 4.98 Å². The average Bonchev–Trinajstić information content (AvgIpc) is 2.47. The molecular weight excluding hydrogens is 204 g/mol. The molecule has 1 saturated heterocycles. The summed E-state index contributed by atoms with van der Waals surface area (Å²) in [4.78, 5) is 6.74. The minimum absolute atomic E-state index is 0.465. The monoisotopic (exact) mass is 216 g/mol. The summed E-state index contributed by atoms with van der Waals surface area (Å²) >= 11 is 7.38. The first-order valence-electron chi connectivity index (χ1n) is 4.36. The average molecular weight is 217 g/mol. The van der Waals surface area contributed by atoms with E-state index in [2.05, 4.69) is 23.7 Å². The van der Waals surface area contributed by atoms with Crippen LogP contribution in [0.15, 0.2) is 5.38 Å². The van der Waals surface area contributed by atoms with Crippen molar-refractivity contribution < 1.29 is 0 Å². The zero-order chi connectivity index (χ0) is 9.47. The predicted octanol–water partition coefficient (Wildman–Crippen LogP) is 2.73. The lowest BCUT2D eigenvalue weighted by Gasteiger charge is -2.45. The number of rotatable bonds is 2. The molecule has 0 saturated carbocycles. The van der Waals surface area contributed by atoms with Crippen molar-refractivity contribution in [3.05, 3.63) is 11.1 Å². The number of alkyl halides is 1. The van der Waals surface area contributed by atoms with Gasteiger partial charge in [-0.1, -0.05) is 13.8 Å². The fourth-order valence-electron chi connectivity index (χ4n) is 1.63. The van der Waals surface area contributed by atoms with Crippen LogP contribution in [0.25, 0.3) is 0 Å². The van der Waals surface area contributed by atoms with Gasteiger partial charge < -0.3 is 4.90 Å². The molecular formula is C9H13ClN2S. The van der Waals surface area contributed by atoms with Gasteiger partial charge in [-0.3, -0.25) is 0 Å². The van der Waals surface area contributed by atoms with Gasteiger partial charge in [0.1, 0.15) is 0 Å². The van der Waals surface area contributed by atoms with Gasteiger partial charge in [0.25, 0.3) is 0 Å².